The van der Waals surface area contributed by atoms with Gasteiger partial charge in [0, 0.05) is 18.2 Å². The molecule has 0 spiro atoms. The summed E-state index contributed by atoms with van der Waals surface area (Å²) in [5.74, 6) is 0.559. The number of rotatable bonds is 8. The summed E-state index contributed by atoms with van der Waals surface area (Å²) in [6.45, 7) is 0.0868. The first-order valence-electron chi connectivity index (χ1n) is 5.83. The highest BCUT2D eigenvalue weighted by Gasteiger charge is 2.09. The molecule has 0 bridgehead atoms. The van der Waals surface area contributed by atoms with Crippen molar-refractivity contribution in [3.05, 3.63) is 29.8 Å². The van der Waals surface area contributed by atoms with E-state index in [9.17, 15) is 8.42 Å². The fraction of sp³-hybridized carbons (Fsp3) is 0.500. The first kappa shape index (κ1) is 15.3. The van der Waals surface area contributed by atoms with E-state index in [0.717, 1.165) is 5.56 Å². The average Bonchev–Trinajstić information content (AvgIpc) is 2.32. The van der Waals surface area contributed by atoms with E-state index in [2.05, 4.69) is 4.72 Å². The minimum atomic E-state index is -3.29. The lowest BCUT2D eigenvalue weighted by molar-refractivity contribution is 0.299. The van der Waals surface area contributed by atoms with Crippen molar-refractivity contribution in [2.75, 3.05) is 23.0 Å². The molecule has 0 aliphatic carbocycles. The Morgan fingerprint density at radius 2 is 1.83 bits per heavy atom. The molecular weight excluding hydrogens is 274 g/mol. The number of unbranched alkanes of at least 4 members (excludes halogenated alkanes) is 1. The molecule has 0 unspecified atom stereocenters. The Hall–Kier alpha value is -0.780. The van der Waals surface area contributed by atoms with Crippen molar-refractivity contribution in [3.8, 4) is 0 Å². The Bertz CT molecular complexity index is 445. The third kappa shape index (κ3) is 5.71. The molecule has 0 saturated heterocycles. The zero-order chi connectivity index (χ0) is 13.4. The molecule has 0 aliphatic heterocycles. The zero-order valence-electron chi connectivity index (χ0n) is 10.1. The molecule has 0 atom stereocenters. The fourth-order valence-corrected chi connectivity index (χ4v) is 2.86. The van der Waals surface area contributed by atoms with E-state index >= 15 is 0 Å². The summed E-state index contributed by atoms with van der Waals surface area (Å²) < 4.78 is 25.9. The molecule has 6 heteroatoms. The monoisotopic (exact) mass is 291 g/mol. The summed E-state index contributed by atoms with van der Waals surface area (Å²) in [5.41, 5.74) is 1.52. The van der Waals surface area contributed by atoms with Crippen LogP contribution in [0.15, 0.2) is 24.3 Å². The molecule has 4 nitrogen and oxygen atoms in total. The minimum absolute atomic E-state index is 0.0815. The van der Waals surface area contributed by atoms with E-state index in [1.54, 1.807) is 24.3 Å². The molecule has 18 heavy (non-hydrogen) atoms. The molecule has 102 valence electrons. The summed E-state index contributed by atoms with van der Waals surface area (Å²) in [6, 6.07) is 6.99. The lowest BCUT2D eigenvalue weighted by atomic mass is 10.1. The van der Waals surface area contributed by atoms with Gasteiger partial charge in [0.25, 0.3) is 0 Å². The Balaban J connectivity index is 2.55. The molecule has 2 N–H and O–H groups in total. The summed E-state index contributed by atoms with van der Waals surface area (Å²) in [7, 11) is -3.29. The smallest absolute Gasteiger partial charge is 0.232 e. The Morgan fingerprint density at radius 1 is 1.17 bits per heavy atom. The number of benzene rings is 1. The molecule has 1 aromatic rings. The predicted molar refractivity (Wildman–Crippen MR) is 74.6 cm³/mol. The number of alkyl halides is 1. The predicted octanol–water partition coefficient (Wildman–Crippen LogP) is 1.98. The molecule has 0 fully saturated rings. The Kier molecular flexibility index (Phi) is 6.46. The summed E-state index contributed by atoms with van der Waals surface area (Å²) >= 11 is 5.50. The van der Waals surface area contributed by atoms with Crippen molar-refractivity contribution in [1.29, 1.82) is 0 Å². The SMILES string of the molecule is O=S(=O)(CCCCCl)Nc1ccc(CCO)cc1. The van der Waals surface area contributed by atoms with Gasteiger partial charge in [-0.15, -0.1) is 11.6 Å². The van der Waals surface area contributed by atoms with Gasteiger partial charge in [-0.3, -0.25) is 4.72 Å². The van der Waals surface area contributed by atoms with Crippen LogP contribution in [-0.4, -0.2) is 31.8 Å². The van der Waals surface area contributed by atoms with E-state index in [4.69, 9.17) is 16.7 Å². The van der Waals surface area contributed by atoms with Gasteiger partial charge in [0.2, 0.25) is 10.0 Å². The van der Waals surface area contributed by atoms with E-state index in [0.29, 0.717) is 30.8 Å². The highest BCUT2D eigenvalue weighted by molar-refractivity contribution is 7.92. The van der Waals surface area contributed by atoms with Crippen LogP contribution >= 0.6 is 11.6 Å². The van der Waals surface area contributed by atoms with Gasteiger partial charge in [0.05, 0.1) is 5.75 Å². The van der Waals surface area contributed by atoms with Crippen LogP contribution in [0.5, 0.6) is 0 Å². The zero-order valence-corrected chi connectivity index (χ0v) is 11.7. The lowest BCUT2D eigenvalue weighted by Crippen LogP contribution is -2.16. The molecule has 0 aromatic heterocycles. The second-order valence-electron chi connectivity index (χ2n) is 3.99. The second-order valence-corrected chi connectivity index (χ2v) is 6.21. The number of sulfonamides is 1. The normalized spacial score (nSPS) is 11.4. The van der Waals surface area contributed by atoms with Crippen molar-refractivity contribution >= 4 is 27.3 Å². The molecule has 0 radical (unpaired) electrons. The van der Waals surface area contributed by atoms with E-state index in [1.807, 2.05) is 0 Å². The quantitative estimate of drug-likeness (QED) is 0.568. The first-order chi connectivity index (χ1) is 8.57. The van der Waals surface area contributed by atoms with Gasteiger partial charge in [-0.1, -0.05) is 12.1 Å². The largest absolute Gasteiger partial charge is 0.396 e. The standard InChI is InChI=1S/C12H18ClNO3S/c13-8-1-2-10-18(16,17)14-12-5-3-11(4-6-12)7-9-15/h3-6,14-15H,1-2,7-10H2. The average molecular weight is 292 g/mol. The maximum atomic E-state index is 11.7. The molecule has 0 heterocycles. The van der Waals surface area contributed by atoms with Crippen molar-refractivity contribution in [2.45, 2.75) is 19.3 Å². The molecule has 0 amide bonds. The number of aliphatic hydroxyl groups excluding tert-OH is 1. The van der Waals surface area contributed by atoms with Gasteiger partial charge in [0.1, 0.15) is 0 Å². The van der Waals surface area contributed by atoms with E-state index in [-0.39, 0.29) is 12.4 Å². The Morgan fingerprint density at radius 3 is 2.39 bits per heavy atom. The number of aliphatic hydroxyl groups is 1. The highest BCUT2D eigenvalue weighted by Crippen LogP contribution is 2.12. The van der Waals surface area contributed by atoms with Gasteiger partial charge in [-0.25, -0.2) is 8.42 Å². The topological polar surface area (TPSA) is 66.4 Å². The number of hydrogen-bond acceptors (Lipinski definition) is 3. The summed E-state index contributed by atoms with van der Waals surface area (Å²) in [5, 5.41) is 8.77. The molecule has 1 aromatic carbocycles. The van der Waals surface area contributed by atoms with Crippen molar-refractivity contribution in [3.63, 3.8) is 0 Å². The van der Waals surface area contributed by atoms with Gasteiger partial charge < -0.3 is 5.11 Å². The van der Waals surface area contributed by atoms with Crippen LogP contribution < -0.4 is 4.72 Å². The lowest BCUT2D eigenvalue weighted by Gasteiger charge is -2.08. The van der Waals surface area contributed by atoms with Crippen LogP contribution in [0.1, 0.15) is 18.4 Å². The maximum Gasteiger partial charge on any atom is 0.232 e. The molecule has 0 saturated carbocycles. The molecular formula is C12H18ClNO3S. The number of nitrogens with one attached hydrogen (secondary N) is 1. The number of halogens is 1. The second kappa shape index (κ2) is 7.61. The maximum absolute atomic E-state index is 11.7. The van der Waals surface area contributed by atoms with E-state index < -0.39 is 10.0 Å². The van der Waals surface area contributed by atoms with Gasteiger partial charge >= 0.3 is 0 Å². The van der Waals surface area contributed by atoms with Crippen molar-refractivity contribution < 1.29 is 13.5 Å². The minimum Gasteiger partial charge on any atom is -0.396 e. The van der Waals surface area contributed by atoms with Crippen LogP contribution in [0.3, 0.4) is 0 Å². The number of hydrogen-bond donors (Lipinski definition) is 2. The number of anilines is 1. The van der Waals surface area contributed by atoms with Crippen LogP contribution in [0, 0.1) is 0 Å². The van der Waals surface area contributed by atoms with Crippen LogP contribution in [0.25, 0.3) is 0 Å². The highest BCUT2D eigenvalue weighted by atomic mass is 35.5. The van der Waals surface area contributed by atoms with E-state index in [1.165, 1.54) is 0 Å². The third-order valence-corrected chi connectivity index (χ3v) is 4.06. The fourth-order valence-electron chi connectivity index (χ4n) is 1.49. The van der Waals surface area contributed by atoms with Crippen molar-refractivity contribution in [1.82, 2.24) is 0 Å². The third-order valence-electron chi connectivity index (χ3n) is 2.42. The van der Waals surface area contributed by atoms with Gasteiger partial charge in [-0.2, -0.15) is 0 Å². The summed E-state index contributed by atoms with van der Waals surface area (Å²) in [6.07, 6.45) is 1.82. The Labute approximate surface area is 113 Å². The first-order valence-corrected chi connectivity index (χ1v) is 8.02. The van der Waals surface area contributed by atoms with Gasteiger partial charge in [-0.05, 0) is 37.0 Å². The summed E-state index contributed by atoms with van der Waals surface area (Å²) in [4.78, 5) is 0. The van der Waals surface area contributed by atoms with Crippen LogP contribution in [0.4, 0.5) is 5.69 Å². The molecule has 0 aliphatic rings. The van der Waals surface area contributed by atoms with Gasteiger partial charge in [0.15, 0.2) is 0 Å². The van der Waals surface area contributed by atoms with Crippen molar-refractivity contribution in [2.24, 2.45) is 0 Å². The van der Waals surface area contributed by atoms with Crippen LogP contribution in [0.2, 0.25) is 0 Å². The van der Waals surface area contributed by atoms with Crippen LogP contribution in [-0.2, 0) is 16.4 Å². The molecule has 1 rings (SSSR count).